The van der Waals surface area contributed by atoms with Gasteiger partial charge in [-0.2, -0.15) is 5.10 Å². The SMILES string of the molecule is O=C(N/N=C\c1ccc(Cl)cc1Cl)c1ccccc1O. The van der Waals surface area contributed by atoms with Crippen LogP contribution < -0.4 is 5.43 Å². The number of nitrogens with one attached hydrogen (secondary N) is 1. The Balaban J connectivity index is 2.07. The fraction of sp³-hybridized carbons (Fsp3) is 0. The smallest absolute Gasteiger partial charge is 0.275 e. The van der Waals surface area contributed by atoms with Crippen molar-refractivity contribution in [2.75, 3.05) is 0 Å². The number of phenolic OH excluding ortho intramolecular Hbond substituents is 1. The highest BCUT2D eigenvalue weighted by Gasteiger charge is 2.08. The van der Waals surface area contributed by atoms with Crippen LogP contribution in [0.15, 0.2) is 47.6 Å². The highest BCUT2D eigenvalue weighted by molar-refractivity contribution is 6.36. The molecule has 0 aromatic heterocycles. The van der Waals surface area contributed by atoms with Crippen molar-refractivity contribution in [3.63, 3.8) is 0 Å². The number of nitrogens with zero attached hydrogens (tertiary/aromatic N) is 1. The highest BCUT2D eigenvalue weighted by Crippen LogP contribution is 2.19. The number of halogens is 2. The molecular formula is C14H10Cl2N2O2. The van der Waals surface area contributed by atoms with Gasteiger partial charge in [0.1, 0.15) is 5.75 Å². The summed E-state index contributed by atoms with van der Waals surface area (Å²) in [6.07, 6.45) is 1.40. The van der Waals surface area contributed by atoms with Crippen molar-refractivity contribution >= 4 is 35.3 Å². The summed E-state index contributed by atoms with van der Waals surface area (Å²) in [5, 5.41) is 14.3. The molecule has 2 N–H and O–H groups in total. The molecule has 0 spiro atoms. The molecule has 2 rings (SSSR count). The number of phenols is 1. The first-order chi connectivity index (χ1) is 9.58. The van der Waals surface area contributed by atoms with Crippen LogP contribution in [0.3, 0.4) is 0 Å². The van der Waals surface area contributed by atoms with Gasteiger partial charge < -0.3 is 5.11 Å². The predicted molar refractivity (Wildman–Crippen MR) is 79.6 cm³/mol. The zero-order valence-electron chi connectivity index (χ0n) is 10.2. The maximum absolute atomic E-state index is 11.8. The van der Waals surface area contributed by atoms with Gasteiger partial charge in [-0.15, -0.1) is 0 Å². The third kappa shape index (κ3) is 3.50. The number of hydrogen-bond donors (Lipinski definition) is 2. The standard InChI is InChI=1S/C14H10Cl2N2O2/c15-10-6-5-9(12(16)7-10)8-17-18-14(20)11-3-1-2-4-13(11)19/h1-8,19H,(H,18,20)/b17-8-. The molecule has 0 radical (unpaired) electrons. The Kier molecular flexibility index (Phi) is 4.61. The summed E-state index contributed by atoms with van der Waals surface area (Å²) < 4.78 is 0. The fourth-order valence-corrected chi connectivity index (χ4v) is 1.95. The molecule has 20 heavy (non-hydrogen) atoms. The molecule has 2 aromatic rings. The van der Waals surface area contributed by atoms with Crippen LogP contribution >= 0.6 is 23.2 Å². The second-order valence-electron chi connectivity index (χ2n) is 3.88. The average molecular weight is 309 g/mol. The quantitative estimate of drug-likeness (QED) is 0.674. The number of rotatable bonds is 3. The monoisotopic (exact) mass is 308 g/mol. The first-order valence-corrected chi connectivity index (χ1v) is 6.40. The van der Waals surface area contributed by atoms with Crippen molar-refractivity contribution in [1.29, 1.82) is 0 Å². The zero-order valence-corrected chi connectivity index (χ0v) is 11.7. The third-order valence-corrected chi connectivity index (χ3v) is 3.04. The van der Waals surface area contributed by atoms with Crippen molar-refractivity contribution in [1.82, 2.24) is 5.43 Å². The van der Waals surface area contributed by atoms with E-state index in [1.54, 1.807) is 30.3 Å². The minimum atomic E-state index is -0.510. The molecule has 102 valence electrons. The normalized spacial score (nSPS) is 10.7. The van der Waals surface area contributed by atoms with Crippen molar-refractivity contribution in [3.8, 4) is 5.75 Å². The molecule has 0 aliphatic rings. The van der Waals surface area contributed by atoms with Crippen molar-refractivity contribution in [2.45, 2.75) is 0 Å². The summed E-state index contributed by atoms with van der Waals surface area (Å²) in [5.41, 5.74) is 3.07. The summed E-state index contributed by atoms with van der Waals surface area (Å²) in [7, 11) is 0. The van der Waals surface area contributed by atoms with Gasteiger partial charge in [0.25, 0.3) is 5.91 Å². The summed E-state index contributed by atoms with van der Waals surface area (Å²) in [6.45, 7) is 0. The molecule has 4 nitrogen and oxygen atoms in total. The Morgan fingerprint density at radius 2 is 1.95 bits per heavy atom. The number of amides is 1. The number of carbonyl (C=O) groups excluding carboxylic acids is 1. The fourth-order valence-electron chi connectivity index (χ4n) is 1.49. The second kappa shape index (κ2) is 6.41. The molecule has 2 aromatic carbocycles. The molecular weight excluding hydrogens is 299 g/mol. The molecule has 0 saturated carbocycles. The van der Waals surface area contributed by atoms with Gasteiger partial charge in [-0.3, -0.25) is 4.79 Å². The number of carbonyl (C=O) groups is 1. The van der Waals surface area contributed by atoms with Crippen LogP contribution in [0, 0.1) is 0 Å². The van der Waals surface area contributed by atoms with E-state index in [2.05, 4.69) is 10.5 Å². The Labute approximate surface area is 125 Å². The Morgan fingerprint density at radius 3 is 2.65 bits per heavy atom. The van der Waals surface area contributed by atoms with E-state index in [-0.39, 0.29) is 11.3 Å². The maximum Gasteiger partial charge on any atom is 0.275 e. The first-order valence-electron chi connectivity index (χ1n) is 5.64. The number of para-hydroxylation sites is 1. The van der Waals surface area contributed by atoms with E-state index in [9.17, 15) is 9.90 Å². The lowest BCUT2D eigenvalue weighted by atomic mass is 10.2. The Hall–Kier alpha value is -2.04. The topological polar surface area (TPSA) is 61.7 Å². The molecule has 0 aliphatic carbocycles. The Bertz CT molecular complexity index is 672. The van der Waals surface area contributed by atoms with E-state index in [0.717, 1.165) is 0 Å². The molecule has 0 aliphatic heterocycles. The first kappa shape index (κ1) is 14.4. The maximum atomic E-state index is 11.8. The van der Waals surface area contributed by atoms with Gasteiger partial charge in [0.15, 0.2) is 0 Å². The van der Waals surface area contributed by atoms with Gasteiger partial charge in [-0.05, 0) is 24.3 Å². The third-order valence-electron chi connectivity index (χ3n) is 2.48. The molecule has 0 heterocycles. The molecule has 0 saturated heterocycles. The Morgan fingerprint density at radius 1 is 1.20 bits per heavy atom. The summed E-state index contributed by atoms with van der Waals surface area (Å²) in [5.74, 6) is -0.617. The van der Waals surface area contributed by atoms with Gasteiger partial charge >= 0.3 is 0 Å². The van der Waals surface area contributed by atoms with Crippen LogP contribution in [0.2, 0.25) is 10.0 Å². The largest absolute Gasteiger partial charge is 0.507 e. The predicted octanol–water partition coefficient (Wildman–Crippen LogP) is 3.46. The molecule has 0 bridgehead atoms. The molecule has 0 fully saturated rings. The van der Waals surface area contributed by atoms with Crippen molar-refractivity contribution in [3.05, 3.63) is 63.6 Å². The highest BCUT2D eigenvalue weighted by atomic mass is 35.5. The van der Waals surface area contributed by atoms with Gasteiger partial charge in [0.2, 0.25) is 0 Å². The van der Waals surface area contributed by atoms with E-state index >= 15 is 0 Å². The summed E-state index contributed by atoms with van der Waals surface area (Å²) in [4.78, 5) is 11.8. The van der Waals surface area contributed by atoms with Crippen molar-refractivity contribution in [2.24, 2.45) is 5.10 Å². The summed E-state index contributed by atoms with van der Waals surface area (Å²) >= 11 is 11.7. The van der Waals surface area contributed by atoms with E-state index in [1.165, 1.54) is 18.3 Å². The lowest BCUT2D eigenvalue weighted by Gasteiger charge is -2.02. The van der Waals surface area contributed by atoms with E-state index in [0.29, 0.717) is 15.6 Å². The number of benzene rings is 2. The van der Waals surface area contributed by atoms with Gasteiger partial charge in [0, 0.05) is 10.6 Å². The molecule has 0 atom stereocenters. The molecule has 1 amide bonds. The van der Waals surface area contributed by atoms with Crippen molar-refractivity contribution < 1.29 is 9.90 Å². The van der Waals surface area contributed by atoms with Crippen LogP contribution in [0.5, 0.6) is 5.75 Å². The summed E-state index contributed by atoms with van der Waals surface area (Å²) in [6, 6.07) is 11.1. The van der Waals surface area contributed by atoms with E-state index < -0.39 is 5.91 Å². The van der Waals surface area contributed by atoms with Crippen LogP contribution in [-0.4, -0.2) is 17.2 Å². The van der Waals surface area contributed by atoms with Crippen LogP contribution in [-0.2, 0) is 0 Å². The molecule has 0 unspecified atom stereocenters. The van der Waals surface area contributed by atoms with Crippen LogP contribution in [0.1, 0.15) is 15.9 Å². The number of aromatic hydroxyl groups is 1. The minimum Gasteiger partial charge on any atom is -0.507 e. The average Bonchev–Trinajstić information content (AvgIpc) is 2.41. The number of hydrogen-bond acceptors (Lipinski definition) is 3. The van der Waals surface area contributed by atoms with Crippen LogP contribution in [0.4, 0.5) is 0 Å². The van der Waals surface area contributed by atoms with E-state index in [1.807, 2.05) is 0 Å². The molecule has 6 heteroatoms. The minimum absolute atomic E-state index is 0.107. The lowest BCUT2D eigenvalue weighted by molar-refractivity contribution is 0.0952. The zero-order chi connectivity index (χ0) is 14.5. The van der Waals surface area contributed by atoms with Gasteiger partial charge in [0.05, 0.1) is 16.8 Å². The van der Waals surface area contributed by atoms with Crippen LogP contribution in [0.25, 0.3) is 0 Å². The second-order valence-corrected chi connectivity index (χ2v) is 4.73. The lowest BCUT2D eigenvalue weighted by Crippen LogP contribution is -2.17. The van der Waals surface area contributed by atoms with Gasteiger partial charge in [-0.25, -0.2) is 5.43 Å². The van der Waals surface area contributed by atoms with E-state index in [4.69, 9.17) is 23.2 Å². The van der Waals surface area contributed by atoms with Gasteiger partial charge in [-0.1, -0.05) is 41.4 Å². The number of hydrazone groups is 1.